The molecule has 0 aliphatic heterocycles. The van der Waals surface area contributed by atoms with Gasteiger partial charge < -0.3 is 15.0 Å². The van der Waals surface area contributed by atoms with Crippen LogP contribution in [0.1, 0.15) is 26.3 Å². The SMILES string of the molecule is CCc1ccc(OCCNc2ccc(N(CC)CC)cc2)cc1. The van der Waals surface area contributed by atoms with E-state index in [0.717, 1.165) is 37.5 Å². The second-order valence-corrected chi connectivity index (χ2v) is 5.49. The Balaban J connectivity index is 1.75. The highest BCUT2D eigenvalue weighted by molar-refractivity contribution is 5.55. The zero-order chi connectivity index (χ0) is 16.5. The average Bonchev–Trinajstić information content (AvgIpc) is 2.61. The van der Waals surface area contributed by atoms with Crippen molar-refractivity contribution in [3.8, 4) is 5.75 Å². The summed E-state index contributed by atoms with van der Waals surface area (Å²) in [5, 5.41) is 3.40. The zero-order valence-corrected chi connectivity index (χ0v) is 14.5. The Kier molecular flexibility index (Phi) is 6.79. The highest BCUT2D eigenvalue weighted by Crippen LogP contribution is 2.17. The monoisotopic (exact) mass is 312 g/mol. The molecule has 0 amide bonds. The van der Waals surface area contributed by atoms with E-state index in [1.807, 2.05) is 12.1 Å². The van der Waals surface area contributed by atoms with Gasteiger partial charge in [0.15, 0.2) is 0 Å². The molecular formula is C20H28N2O. The number of rotatable bonds is 9. The van der Waals surface area contributed by atoms with Crippen LogP contribution in [0.4, 0.5) is 11.4 Å². The van der Waals surface area contributed by atoms with Gasteiger partial charge in [0.2, 0.25) is 0 Å². The fraction of sp³-hybridized carbons (Fsp3) is 0.400. The van der Waals surface area contributed by atoms with E-state index in [0.29, 0.717) is 6.61 Å². The van der Waals surface area contributed by atoms with Gasteiger partial charge in [-0.05, 0) is 62.2 Å². The van der Waals surface area contributed by atoms with Crippen molar-refractivity contribution in [2.75, 3.05) is 36.5 Å². The maximum atomic E-state index is 5.75. The van der Waals surface area contributed by atoms with Crippen molar-refractivity contribution in [1.82, 2.24) is 0 Å². The van der Waals surface area contributed by atoms with E-state index in [9.17, 15) is 0 Å². The maximum absolute atomic E-state index is 5.75. The van der Waals surface area contributed by atoms with Crippen LogP contribution in [-0.2, 0) is 6.42 Å². The van der Waals surface area contributed by atoms with E-state index >= 15 is 0 Å². The normalized spacial score (nSPS) is 10.4. The Bertz CT molecular complexity index is 559. The van der Waals surface area contributed by atoms with E-state index in [1.165, 1.54) is 11.3 Å². The largest absolute Gasteiger partial charge is 0.492 e. The number of nitrogens with zero attached hydrogens (tertiary/aromatic N) is 1. The number of hydrogen-bond acceptors (Lipinski definition) is 3. The molecule has 0 aliphatic rings. The smallest absolute Gasteiger partial charge is 0.119 e. The highest BCUT2D eigenvalue weighted by atomic mass is 16.5. The van der Waals surface area contributed by atoms with Gasteiger partial charge in [-0.2, -0.15) is 0 Å². The summed E-state index contributed by atoms with van der Waals surface area (Å²) in [6, 6.07) is 16.9. The van der Waals surface area contributed by atoms with Crippen molar-refractivity contribution in [2.24, 2.45) is 0 Å². The van der Waals surface area contributed by atoms with Crippen molar-refractivity contribution in [3.05, 3.63) is 54.1 Å². The standard InChI is InChI=1S/C20H28N2O/c1-4-17-7-13-20(14-8-17)23-16-15-21-18-9-11-19(12-10-18)22(5-2)6-3/h7-14,21H,4-6,15-16H2,1-3H3. The van der Waals surface area contributed by atoms with E-state index in [2.05, 4.69) is 67.4 Å². The molecule has 0 saturated heterocycles. The van der Waals surface area contributed by atoms with Gasteiger partial charge in [-0.1, -0.05) is 19.1 Å². The summed E-state index contributed by atoms with van der Waals surface area (Å²) < 4.78 is 5.75. The van der Waals surface area contributed by atoms with Gasteiger partial charge in [-0.25, -0.2) is 0 Å². The van der Waals surface area contributed by atoms with Gasteiger partial charge in [-0.3, -0.25) is 0 Å². The first-order valence-corrected chi connectivity index (χ1v) is 8.57. The van der Waals surface area contributed by atoms with Crippen molar-refractivity contribution in [1.29, 1.82) is 0 Å². The van der Waals surface area contributed by atoms with Crippen LogP contribution in [0, 0.1) is 0 Å². The minimum atomic E-state index is 0.656. The van der Waals surface area contributed by atoms with Gasteiger partial charge in [-0.15, -0.1) is 0 Å². The molecule has 0 aliphatic carbocycles. The molecule has 124 valence electrons. The third-order valence-electron chi connectivity index (χ3n) is 4.03. The summed E-state index contributed by atoms with van der Waals surface area (Å²) in [6.07, 6.45) is 1.06. The number of aryl methyl sites for hydroxylation is 1. The lowest BCUT2D eigenvalue weighted by Crippen LogP contribution is -2.21. The predicted octanol–water partition coefficient (Wildman–Crippen LogP) is 4.59. The third-order valence-corrected chi connectivity index (χ3v) is 4.03. The summed E-state index contributed by atoms with van der Waals surface area (Å²) in [7, 11) is 0. The molecule has 3 heteroatoms. The van der Waals surface area contributed by atoms with Crippen molar-refractivity contribution >= 4 is 11.4 Å². The Morgan fingerprint density at radius 3 is 2.09 bits per heavy atom. The molecule has 0 aromatic heterocycles. The van der Waals surface area contributed by atoms with Crippen LogP contribution in [0.5, 0.6) is 5.75 Å². The highest BCUT2D eigenvalue weighted by Gasteiger charge is 2.01. The van der Waals surface area contributed by atoms with E-state index < -0.39 is 0 Å². The van der Waals surface area contributed by atoms with Crippen LogP contribution in [0.2, 0.25) is 0 Å². The molecule has 0 atom stereocenters. The molecule has 3 nitrogen and oxygen atoms in total. The molecule has 0 unspecified atom stereocenters. The van der Waals surface area contributed by atoms with E-state index in [-0.39, 0.29) is 0 Å². The Labute approximate surface area is 140 Å². The van der Waals surface area contributed by atoms with Gasteiger partial charge in [0.05, 0.1) is 0 Å². The molecule has 0 saturated carbocycles. The first-order chi connectivity index (χ1) is 11.3. The Morgan fingerprint density at radius 1 is 0.870 bits per heavy atom. The summed E-state index contributed by atoms with van der Waals surface area (Å²) >= 11 is 0. The van der Waals surface area contributed by atoms with Gasteiger partial charge in [0, 0.05) is 31.0 Å². The molecule has 0 bridgehead atoms. The van der Waals surface area contributed by atoms with E-state index in [1.54, 1.807) is 0 Å². The first kappa shape index (κ1) is 17.2. The fourth-order valence-corrected chi connectivity index (χ4v) is 2.56. The van der Waals surface area contributed by atoms with Crippen LogP contribution >= 0.6 is 0 Å². The molecule has 2 rings (SSSR count). The quantitative estimate of drug-likeness (QED) is 0.686. The number of anilines is 2. The number of ether oxygens (including phenoxy) is 1. The van der Waals surface area contributed by atoms with Gasteiger partial charge in [0.1, 0.15) is 12.4 Å². The molecule has 0 fully saturated rings. The van der Waals surface area contributed by atoms with Crippen molar-refractivity contribution in [3.63, 3.8) is 0 Å². The molecule has 2 aromatic carbocycles. The summed E-state index contributed by atoms with van der Waals surface area (Å²) in [6.45, 7) is 10.0. The molecule has 0 spiro atoms. The molecule has 0 radical (unpaired) electrons. The molecule has 2 aromatic rings. The van der Waals surface area contributed by atoms with Crippen LogP contribution in [0.15, 0.2) is 48.5 Å². The topological polar surface area (TPSA) is 24.5 Å². The predicted molar refractivity (Wildman–Crippen MR) is 99.8 cm³/mol. The molecular weight excluding hydrogens is 284 g/mol. The Morgan fingerprint density at radius 2 is 1.52 bits per heavy atom. The van der Waals surface area contributed by atoms with Crippen LogP contribution in [0.25, 0.3) is 0 Å². The van der Waals surface area contributed by atoms with Crippen molar-refractivity contribution in [2.45, 2.75) is 27.2 Å². The molecule has 1 N–H and O–H groups in total. The zero-order valence-electron chi connectivity index (χ0n) is 14.5. The Hall–Kier alpha value is -2.16. The second kappa shape index (κ2) is 9.09. The molecule has 23 heavy (non-hydrogen) atoms. The van der Waals surface area contributed by atoms with Crippen LogP contribution in [-0.4, -0.2) is 26.2 Å². The van der Waals surface area contributed by atoms with Gasteiger partial charge in [0.25, 0.3) is 0 Å². The maximum Gasteiger partial charge on any atom is 0.119 e. The number of nitrogens with one attached hydrogen (secondary N) is 1. The van der Waals surface area contributed by atoms with Crippen LogP contribution < -0.4 is 15.0 Å². The number of benzene rings is 2. The lowest BCUT2D eigenvalue weighted by Gasteiger charge is -2.21. The second-order valence-electron chi connectivity index (χ2n) is 5.49. The third kappa shape index (κ3) is 5.20. The minimum Gasteiger partial charge on any atom is -0.492 e. The summed E-state index contributed by atoms with van der Waals surface area (Å²) in [5.74, 6) is 0.931. The average molecular weight is 312 g/mol. The number of hydrogen-bond donors (Lipinski definition) is 1. The lowest BCUT2D eigenvalue weighted by atomic mass is 10.2. The lowest BCUT2D eigenvalue weighted by molar-refractivity contribution is 0.333. The van der Waals surface area contributed by atoms with Gasteiger partial charge >= 0.3 is 0 Å². The minimum absolute atomic E-state index is 0.656. The first-order valence-electron chi connectivity index (χ1n) is 8.57. The molecule has 0 heterocycles. The summed E-state index contributed by atoms with van der Waals surface area (Å²) in [4.78, 5) is 2.34. The van der Waals surface area contributed by atoms with Crippen molar-refractivity contribution < 1.29 is 4.74 Å². The van der Waals surface area contributed by atoms with Crippen LogP contribution in [0.3, 0.4) is 0 Å². The summed E-state index contributed by atoms with van der Waals surface area (Å²) in [5.41, 5.74) is 3.74. The fourth-order valence-electron chi connectivity index (χ4n) is 2.56. The van der Waals surface area contributed by atoms with E-state index in [4.69, 9.17) is 4.74 Å².